The molecule has 0 spiro atoms. The average molecular weight is 367 g/mol. The summed E-state index contributed by atoms with van der Waals surface area (Å²) in [7, 11) is 3.93. The maximum absolute atomic E-state index is 5.65. The van der Waals surface area contributed by atoms with E-state index in [0.29, 0.717) is 6.04 Å². The molecule has 1 fully saturated rings. The third-order valence-corrected chi connectivity index (χ3v) is 5.87. The second-order valence-electron chi connectivity index (χ2n) is 8.01. The number of methoxy groups -OCH3 is 1. The number of likely N-dealkylation sites (tertiary alicyclic amines) is 1. The summed E-state index contributed by atoms with van der Waals surface area (Å²) in [6.07, 6.45) is 7.03. The molecule has 1 atom stereocenters. The van der Waals surface area contributed by atoms with Crippen molar-refractivity contribution in [3.05, 3.63) is 34.9 Å². The van der Waals surface area contributed by atoms with Gasteiger partial charge in [0.15, 0.2) is 5.82 Å². The van der Waals surface area contributed by atoms with Crippen LogP contribution in [0.2, 0.25) is 0 Å². The van der Waals surface area contributed by atoms with E-state index in [9.17, 15) is 0 Å². The molecule has 0 radical (unpaired) electrons. The average Bonchev–Trinajstić information content (AvgIpc) is 2.68. The summed E-state index contributed by atoms with van der Waals surface area (Å²) in [6, 6.07) is 6.79. The first-order chi connectivity index (χ1) is 13.2. The fourth-order valence-corrected chi connectivity index (χ4v) is 4.45. The van der Waals surface area contributed by atoms with E-state index in [1.54, 1.807) is 7.11 Å². The van der Waals surface area contributed by atoms with Crippen LogP contribution in [0.4, 0.5) is 5.82 Å². The molecule has 2 heterocycles. The van der Waals surface area contributed by atoms with Crippen LogP contribution >= 0.6 is 0 Å². The second kappa shape index (κ2) is 7.85. The van der Waals surface area contributed by atoms with Gasteiger partial charge in [-0.05, 0) is 82.3 Å². The number of anilines is 1. The molecule has 1 aromatic heterocycles. The van der Waals surface area contributed by atoms with Gasteiger partial charge in [0.25, 0.3) is 0 Å². The Morgan fingerprint density at radius 3 is 2.70 bits per heavy atom. The number of benzene rings is 1. The minimum Gasteiger partial charge on any atom is -0.496 e. The first kappa shape index (κ1) is 18.2. The van der Waals surface area contributed by atoms with E-state index in [1.165, 1.54) is 48.9 Å². The quantitative estimate of drug-likeness (QED) is 0.891. The summed E-state index contributed by atoms with van der Waals surface area (Å²) < 4.78 is 5.65. The van der Waals surface area contributed by atoms with Gasteiger partial charge in [0.2, 0.25) is 0 Å². The van der Waals surface area contributed by atoms with Crippen LogP contribution in [-0.2, 0) is 12.8 Å². The minimum absolute atomic E-state index is 0.462. The lowest BCUT2D eigenvalue weighted by Crippen LogP contribution is -2.40. The fourth-order valence-electron chi connectivity index (χ4n) is 4.45. The van der Waals surface area contributed by atoms with E-state index in [-0.39, 0.29) is 0 Å². The Bertz CT molecular complexity index is 820. The lowest BCUT2D eigenvalue weighted by molar-refractivity contribution is 0.260. The molecule has 5 heteroatoms. The number of nitrogens with one attached hydrogen (secondary N) is 1. The Kier molecular flexibility index (Phi) is 5.30. The Morgan fingerprint density at radius 1 is 1.11 bits per heavy atom. The number of hydrogen-bond donors (Lipinski definition) is 1. The van der Waals surface area contributed by atoms with Gasteiger partial charge in [0.1, 0.15) is 11.4 Å². The molecule has 4 rings (SSSR count). The summed E-state index contributed by atoms with van der Waals surface area (Å²) in [4.78, 5) is 2.40. The van der Waals surface area contributed by atoms with E-state index in [1.807, 2.05) is 0 Å². The molecule has 1 aromatic carbocycles. The number of ether oxygens (including phenoxy) is 1. The number of nitrogens with zero attached hydrogens (tertiary/aromatic N) is 3. The van der Waals surface area contributed by atoms with Crippen molar-refractivity contribution in [3.8, 4) is 17.0 Å². The van der Waals surface area contributed by atoms with E-state index >= 15 is 0 Å². The van der Waals surface area contributed by atoms with Gasteiger partial charge >= 0.3 is 0 Å². The lowest BCUT2D eigenvalue weighted by atomic mass is 9.88. The Morgan fingerprint density at radius 2 is 1.93 bits per heavy atom. The molecule has 1 saturated heterocycles. The van der Waals surface area contributed by atoms with Crippen molar-refractivity contribution in [1.82, 2.24) is 15.1 Å². The summed E-state index contributed by atoms with van der Waals surface area (Å²) >= 11 is 0. The topological polar surface area (TPSA) is 50.3 Å². The van der Waals surface area contributed by atoms with Crippen molar-refractivity contribution in [2.45, 2.75) is 51.5 Å². The van der Waals surface area contributed by atoms with Gasteiger partial charge in [-0.25, -0.2) is 0 Å². The van der Waals surface area contributed by atoms with Gasteiger partial charge < -0.3 is 15.0 Å². The van der Waals surface area contributed by atoms with Gasteiger partial charge in [0, 0.05) is 23.7 Å². The molecule has 0 amide bonds. The normalized spacial score (nSPS) is 20.2. The molecular formula is C22H30N4O. The number of aromatic nitrogens is 2. The molecule has 1 aliphatic heterocycles. The van der Waals surface area contributed by atoms with Crippen LogP contribution in [-0.4, -0.2) is 48.4 Å². The first-order valence-corrected chi connectivity index (χ1v) is 10.1. The van der Waals surface area contributed by atoms with Crippen molar-refractivity contribution in [2.24, 2.45) is 0 Å². The van der Waals surface area contributed by atoms with Gasteiger partial charge in [-0.3, -0.25) is 0 Å². The first-order valence-electron chi connectivity index (χ1n) is 10.1. The van der Waals surface area contributed by atoms with Gasteiger partial charge in [0.05, 0.1) is 7.11 Å². The van der Waals surface area contributed by atoms with Crippen LogP contribution in [0, 0.1) is 6.92 Å². The zero-order chi connectivity index (χ0) is 18.8. The maximum atomic E-state index is 5.65. The van der Waals surface area contributed by atoms with E-state index in [2.05, 4.69) is 52.6 Å². The van der Waals surface area contributed by atoms with Crippen molar-refractivity contribution >= 4 is 5.82 Å². The van der Waals surface area contributed by atoms with Gasteiger partial charge in [-0.1, -0.05) is 6.07 Å². The molecule has 1 N–H and O–H groups in total. The summed E-state index contributed by atoms with van der Waals surface area (Å²) in [5, 5.41) is 13.0. The van der Waals surface area contributed by atoms with E-state index in [0.717, 1.165) is 42.2 Å². The van der Waals surface area contributed by atoms with Crippen LogP contribution in [0.1, 0.15) is 42.4 Å². The highest BCUT2D eigenvalue weighted by Crippen LogP contribution is 2.37. The Hall–Kier alpha value is -2.14. The van der Waals surface area contributed by atoms with Crippen LogP contribution < -0.4 is 10.1 Å². The van der Waals surface area contributed by atoms with Crippen molar-refractivity contribution in [2.75, 3.05) is 32.6 Å². The van der Waals surface area contributed by atoms with Gasteiger partial charge in [-0.2, -0.15) is 0 Å². The molecular weight excluding hydrogens is 336 g/mol. The minimum atomic E-state index is 0.462. The SMILES string of the molecule is COc1cc(C)ccc1-c1nnc(NC2CCCN(C)C2)c2c1CCCC2. The van der Waals surface area contributed by atoms with Crippen molar-refractivity contribution in [1.29, 1.82) is 0 Å². The molecule has 0 bridgehead atoms. The van der Waals surface area contributed by atoms with Crippen molar-refractivity contribution in [3.63, 3.8) is 0 Å². The fraction of sp³-hybridized carbons (Fsp3) is 0.545. The highest BCUT2D eigenvalue weighted by molar-refractivity contribution is 5.73. The summed E-state index contributed by atoms with van der Waals surface area (Å²) in [6.45, 7) is 4.35. The molecule has 2 aliphatic rings. The largest absolute Gasteiger partial charge is 0.496 e. The molecule has 2 aromatic rings. The molecule has 0 saturated carbocycles. The third kappa shape index (κ3) is 3.79. The number of fused-ring (bicyclic) bond motifs is 1. The van der Waals surface area contributed by atoms with E-state index in [4.69, 9.17) is 4.74 Å². The Labute approximate surface area is 162 Å². The zero-order valence-electron chi connectivity index (χ0n) is 16.7. The highest BCUT2D eigenvalue weighted by Gasteiger charge is 2.24. The van der Waals surface area contributed by atoms with Crippen LogP contribution in [0.3, 0.4) is 0 Å². The molecule has 5 nitrogen and oxygen atoms in total. The predicted octanol–water partition coefficient (Wildman–Crippen LogP) is 3.85. The maximum Gasteiger partial charge on any atom is 0.152 e. The Balaban J connectivity index is 1.71. The smallest absolute Gasteiger partial charge is 0.152 e. The molecule has 1 aliphatic carbocycles. The molecule has 144 valence electrons. The number of rotatable bonds is 4. The number of aryl methyl sites for hydroxylation is 1. The van der Waals surface area contributed by atoms with Crippen molar-refractivity contribution < 1.29 is 4.74 Å². The lowest BCUT2D eigenvalue weighted by Gasteiger charge is -2.31. The number of piperidine rings is 1. The number of hydrogen-bond acceptors (Lipinski definition) is 5. The van der Waals surface area contributed by atoms with Crippen LogP contribution in [0.25, 0.3) is 11.3 Å². The predicted molar refractivity (Wildman–Crippen MR) is 110 cm³/mol. The standard InChI is InChI=1S/C22H30N4O/c1-15-10-11-19(20(13-15)27-3)21-17-8-4-5-9-18(17)22(25-24-21)23-16-7-6-12-26(2)14-16/h10-11,13,16H,4-9,12,14H2,1-3H3,(H,23,25). The summed E-state index contributed by atoms with van der Waals surface area (Å²) in [5.41, 5.74) is 5.95. The summed E-state index contributed by atoms with van der Waals surface area (Å²) in [5.74, 6) is 1.88. The highest BCUT2D eigenvalue weighted by atomic mass is 16.5. The zero-order valence-corrected chi connectivity index (χ0v) is 16.7. The van der Waals surface area contributed by atoms with Gasteiger partial charge in [-0.15, -0.1) is 10.2 Å². The van der Waals surface area contributed by atoms with E-state index < -0.39 is 0 Å². The third-order valence-electron chi connectivity index (χ3n) is 5.87. The molecule has 27 heavy (non-hydrogen) atoms. The number of likely N-dealkylation sites (N-methyl/N-ethyl adjacent to an activating group) is 1. The second-order valence-corrected chi connectivity index (χ2v) is 8.01. The monoisotopic (exact) mass is 366 g/mol. The van der Waals surface area contributed by atoms with Crippen LogP contribution in [0.5, 0.6) is 5.75 Å². The van der Waals surface area contributed by atoms with Crippen LogP contribution in [0.15, 0.2) is 18.2 Å². The molecule has 1 unspecified atom stereocenters.